The van der Waals surface area contributed by atoms with Crippen LogP contribution in [0, 0.1) is 11.3 Å². The van der Waals surface area contributed by atoms with Gasteiger partial charge in [0.1, 0.15) is 6.61 Å². The lowest BCUT2D eigenvalue weighted by Crippen LogP contribution is -2.26. The van der Waals surface area contributed by atoms with Crippen LogP contribution >= 0.6 is 23.2 Å². The van der Waals surface area contributed by atoms with E-state index in [1.165, 1.54) is 7.11 Å². The second kappa shape index (κ2) is 9.04. The molecule has 1 unspecified atom stereocenters. The van der Waals surface area contributed by atoms with Crippen molar-refractivity contribution in [2.45, 2.75) is 25.5 Å². The second-order valence-electron chi connectivity index (χ2n) is 7.26. The van der Waals surface area contributed by atoms with Crippen LogP contribution < -0.4 is 14.4 Å². The van der Waals surface area contributed by atoms with Gasteiger partial charge in [0.2, 0.25) is 5.95 Å². The number of benzene rings is 2. The molecular formula is C22H21Cl2N5O2. The number of hydrogen-bond donors (Lipinski definition) is 0. The van der Waals surface area contributed by atoms with Gasteiger partial charge in [-0.05, 0) is 48.7 Å². The van der Waals surface area contributed by atoms with Crippen molar-refractivity contribution in [1.29, 1.82) is 5.26 Å². The Kier molecular flexibility index (Phi) is 6.21. The van der Waals surface area contributed by atoms with Crippen LogP contribution in [0.1, 0.15) is 35.8 Å². The summed E-state index contributed by atoms with van der Waals surface area (Å²) in [4.78, 5) is 2.20. The van der Waals surface area contributed by atoms with E-state index in [0.717, 1.165) is 30.9 Å². The Labute approximate surface area is 190 Å². The third-order valence-electron chi connectivity index (χ3n) is 5.42. The van der Waals surface area contributed by atoms with Gasteiger partial charge < -0.3 is 14.4 Å². The Morgan fingerprint density at radius 2 is 2.00 bits per heavy atom. The van der Waals surface area contributed by atoms with Crippen LogP contribution in [0.4, 0.5) is 5.95 Å². The van der Waals surface area contributed by atoms with Crippen LogP contribution in [0.2, 0.25) is 10.0 Å². The van der Waals surface area contributed by atoms with E-state index in [4.69, 9.17) is 37.9 Å². The third-order valence-corrected chi connectivity index (χ3v) is 6.00. The number of methoxy groups -OCH3 is 1. The summed E-state index contributed by atoms with van der Waals surface area (Å²) in [6.45, 7) is 1.06. The highest BCUT2D eigenvalue weighted by molar-refractivity contribution is 6.33. The fourth-order valence-corrected chi connectivity index (χ4v) is 4.25. The molecule has 1 fully saturated rings. The molecule has 2 aromatic carbocycles. The van der Waals surface area contributed by atoms with Gasteiger partial charge in [-0.1, -0.05) is 23.2 Å². The predicted molar refractivity (Wildman–Crippen MR) is 119 cm³/mol. The van der Waals surface area contributed by atoms with Gasteiger partial charge in [-0.15, -0.1) is 10.2 Å². The van der Waals surface area contributed by atoms with Crippen LogP contribution in [0.25, 0.3) is 0 Å². The van der Waals surface area contributed by atoms with Crippen LogP contribution in [-0.2, 0) is 13.7 Å². The minimum absolute atomic E-state index is 0.0847. The number of hydrogen-bond acceptors (Lipinski definition) is 6. The second-order valence-corrected chi connectivity index (χ2v) is 8.10. The summed E-state index contributed by atoms with van der Waals surface area (Å²) in [5.41, 5.74) is 1.50. The van der Waals surface area contributed by atoms with Gasteiger partial charge >= 0.3 is 0 Å². The number of aromatic nitrogens is 3. The van der Waals surface area contributed by atoms with Gasteiger partial charge in [0, 0.05) is 29.7 Å². The zero-order chi connectivity index (χ0) is 22.0. The Hall–Kier alpha value is -2.95. The standard InChI is InChI=1S/C22H21Cl2N5O2/c1-28-21(13-31-19-8-5-14(12-25)10-20(19)30-2)26-27-22(28)29-9-3-4-18(29)16-11-15(23)6-7-17(16)24/h5-8,10-11,18H,3-4,9,13H2,1-2H3. The molecule has 0 N–H and O–H groups in total. The summed E-state index contributed by atoms with van der Waals surface area (Å²) >= 11 is 12.7. The number of ether oxygens (including phenoxy) is 2. The van der Waals surface area contributed by atoms with Gasteiger partial charge in [0.25, 0.3) is 0 Å². The Morgan fingerprint density at radius 1 is 1.16 bits per heavy atom. The molecule has 1 aliphatic rings. The lowest BCUT2D eigenvalue weighted by atomic mass is 10.0. The third kappa shape index (κ3) is 4.27. The van der Waals surface area contributed by atoms with Crippen LogP contribution in [0.15, 0.2) is 36.4 Å². The average Bonchev–Trinajstić information content (AvgIpc) is 3.40. The zero-order valence-corrected chi connectivity index (χ0v) is 18.7. The minimum atomic E-state index is 0.0847. The molecule has 31 heavy (non-hydrogen) atoms. The molecule has 4 rings (SSSR count). The maximum atomic E-state index is 9.05. The van der Waals surface area contributed by atoms with E-state index in [1.807, 2.05) is 23.7 Å². The van der Waals surface area contributed by atoms with E-state index >= 15 is 0 Å². The average molecular weight is 458 g/mol. The van der Waals surface area contributed by atoms with Crippen LogP contribution in [0.5, 0.6) is 11.5 Å². The maximum absolute atomic E-state index is 9.05. The molecule has 0 spiro atoms. The van der Waals surface area contributed by atoms with Gasteiger partial charge in [-0.2, -0.15) is 5.26 Å². The number of halogens is 2. The lowest BCUT2D eigenvalue weighted by Gasteiger charge is -2.26. The highest BCUT2D eigenvalue weighted by Gasteiger charge is 2.31. The molecule has 3 aromatic rings. The first-order chi connectivity index (χ1) is 15.0. The molecule has 7 nitrogen and oxygen atoms in total. The molecule has 0 aliphatic carbocycles. The molecule has 0 bridgehead atoms. The van der Waals surface area contributed by atoms with Crippen molar-refractivity contribution >= 4 is 29.2 Å². The first kappa shape index (κ1) is 21.3. The molecule has 0 amide bonds. The first-order valence-electron chi connectivity index (χ1n) is 9.82. The normalized spacial score (nSPS) is 15.7. The smallest absolute Gasteiger partial charge is 0.227 e. The van der Waals surface area contributed by atoms with E-state index in [1.54, 1.807) is 24.3 Å². The summed E-state index contributed by atoms with van der Waals surface area (Å²) in [5, 5.41) is 19.1. The fraction of sp³-hybridized carbons (Fsp3) is 0.318. The molecule has 1 saturated heterocycles. The lowest BCUT2D eigenvalue weighted by molar-refractivity contribution is 0.272. The fourth-order valence-electron chi connectivity index (χ4n) is 3.83. The largest absolute Gasteiger partial charge is 0.493 e. The van der Waals surface area contributed by atoms with Crippen molar-refractivity contribution in [1.82, 2.24) is 14.8 Å². The predicted octanol–water partition coefficient (Wildman–Crippen LogP) is 4.92. The van der Waals surface area contributed by atoms with E-state index < -0.39 is 0 Å². The van der Waals surface area contributed by atoms with E-state index in [0.29, 0.717) is 32.9 Å². The number of anilines is 1. The maximum Gasteiger partial charge on any atom is 0.227 e. The van der Waals surface area contributed by atoms with E-state index in [2.05, 4.69) is 21.2 Å². The molecule has 1 aromatic heterocycles. The SMILES string of the molecule is COc1cc(C#N)ccc1OCc1nnc(N2CCCC2c2cc(Cl)ccc2Cl)n1C. The number of nitriles is 1. The van der Waals surface area contributed by atoms with Gasteiger partial charge in [-0.3, -0.25) is 4.57 Å². The monoisotopic (exact) mass is 457 g/mol. The molecule has 2 heterocycles. The quantitative estimate of drug-likeness (QED) is 0.522. The van der Waals surface area contributed by atoms with Gasteiger partial charge in [-0.25, -0.2) is 0 Å². The van der Waals surface area contributed by atoms with Crippen molar-refractivity contribution in [3.8, 4) is 17.6 Å². The highest BCUT2D eigenvalue weighted by atomic mass is 35.5. The van der Waals surface area contributed by atoms with Crippen molar-refractivity contribution in [3.05, 3.63) is 63.4 Å². The summed E-state index contributed by atoms with van der Waals surface area (Å²) in [6.07, 6.45) is 1.98. The molecule has 1 atom stereocenters. The van der Waals surface area contributed by atoms with Crippen molar-refractivity contribution in [2.24, 2.45) is 7.05 Å². The Morgan fingerprint density at radius 3 is 2.77 bits per heavy atom. The van der Waals surface area contributed by atoms with E-state index in [9.17, 15) is 0 Å². The minimum Gasteiger partial charge on any atom is -0.493 e. The topological polar surface area (TPSA) is 76.2 Å². The first-order valence-corrected chi connectivity index (χ1v) is 10.6. The van der Waals surface area contributed by atoms with Crippen molar-refractivity contribution in [3.63, 3.8) is 0 Å². The van der Waals surface area contributed by atoms with Crippen molar-refractivity contribution in [2.75, 3.05) is 18.6 Å². The Balaban J connectivity index is 1.54. The molecule has 160 valence electrons. The molecular weight excluding hydrogens is 437 g/mol. The van der Waals surface area contributed by atoms with Gasteiger partial charge in [0.05, 0.1) is 24.8 Å². The zero-order valence-electron chi connectivity index (χ0n) is 17.2. The molecule has 1 aliphatic heterocycles. The summed E-state index contributed by atoms with van der Waals surface area (Å²) in [5.74, 6) is 2.46. The number of rotatable bonds is 6. The van der Waals surface area contributed by atoms with E-state index in [-0.39, 0.29) is 12.6 Å². The molecule has 9 heteroatoms. The van der Waals surface area contributed by atoms with Crippen LogP contribution in [0.3, 0.4) is 0 Å². The summed E-state index contributed by atoms with van der Waals surface area (Å²) in [6, 6.07) is 12.8. The van der Waals surface area contributed by atoms with Crippen LogP contribution in [-0.4, -0.2) is 28.4 Å². The Bertz CT molecular complexity index is 1140. The summed E-state index contributed by atoms with van der Waals surface area (Å²) in [7, 11) is 3.46. The summed E-state index contributed by atoms with van der Waals surface area (Å²) < 4.78 is 13.2. The van der Waals surface area contributed by atoms with Crippen molar-refractivity contribution < 1.29 is 9.47 Å². The number of nitrogens with zero attached hydrogens (tertiary/aromatic N) is 5. The molecule has 0 saturated carbocycles. The van der Waals surface area contributed by atoms with Gasteiger partial charge in [0.15, 0.2) is 17.3 Å². The highest BCUT2D eigenvalue weighted by Crippen LogP contribution is 2.39. The molecule has 0 radical (unpaired) electrons.